The van der Waals surface area contributed by atoms with Crippen molar-refractivity contribution in [3.05, 3.63) is 46.2 Å². The highest BCUT2D eigenvalue weighted by atomic mass is 16.5. The lowest BCUT2D eigenvalue weighted by molar-refractivity contribution is 0.0524. The van der Waals surface area contributed by atoms with Crippen LogP contribution in [0.2, 0.25) is 0 Å². The minimum atomic E-state index is -0.588. The summed E-state index contributed by atoms with van der Waals surface area (Å²) in [6.45, 7) is 5.96. The van der Waals surface area contributed by atoms with Gasteiger partial charge in [-0.05, 0) is 24.4 Å². The second-order valence-corrected chi connectivity index (χ2v) is 3.32. The van der Waals surface area contributed by atoms with Crippen LogP contribution in [0.3, 0.4) is 0 Å². The van der Waals surface area contributed by atoms with Gasteiger partial charge in [0.15, 0.2) is 0 Å². The van der Waals surface area contributed by atoms with Gasteiger partial charge in [-0.25, -0.2) is 4.79 Å². The normalized spacial score (nSPS) is 9.50. The predicted molar refractivity (Wildman–Crippen MR) is 74.0 cm³/mol. The third-order valence-electron chi connectivity index (χ3n) is 2.25. The molecule has 4 heteroatoms. The van der Waals surface area contributed by atoms with Gasteiger partial charge in [-0.1, -0.05) is 32.0 Å². The molecule has 1 aromatic heterocycles. The van der Waals surface area contributed by atoms with E-state index in [0.717, 1.165) is 5.39 Å². The molecule has 0 bridgehead atoms. The summed E-state index contributed by atoms with van der Waals surface area (Å²) in [5, 5.41) is 0.810. The molecule has 1 heterocycles. The first-order chi connectivity index (χ1) is 8.72. The van der Waals surface area contributed by atoms with Crippen molar-refractivity contribution in [3.8, 4) is 0 Å². The third-order valence-corrected chi connectivity index (χ3v) is 2.25. The van der Waals surface area contributed by atoms with Crippen molar-refractivity contribution >= 4 is 16.9 Å². The Morgan fingerprint density at radius 2 is 2.00 bits per heavy atom. The summed E-state index contributed by atoms with van der Waals surface area (Å²) in [6, 6.07) is 8.82. The Morgan fingerprint density at radius 3 is 2.67 bits per heavy atom. The van der Waals surface area contributed by atoms with Crippen molar-refractivity contribution in [1.82, 2.24) is 4.98 Å². The minimum absolute atomic E-state index is 0. The Morgan fingerprint density at radius 1 is 1.33 bits per heavy atom. The summed E-state index contributed by atoms with van der Waals surface area (Å²) >= 11 is 0. The van der Waals surface area contributed by atoms with E-state index in [0.29, 0.717) is 5.52 Å². The molecule has 1 N–H and O–H groups in total. The van der Waals surface area contributed by atoms with E-state index in [4.69, 9.17) is 4.74 Å². The van der Waals surface area contributed by atoms with Crippen LogP contribution < -0.4 is 5.56 Å². The van der Waals surface area contributed by atoms with Gasteiger partial charge in [0.25, 0.3) is 5.56 Å². The number of carbonyl (C=O) groups is 1. The van der Waals surface area contributed by atoms with Gasteiger partial charge in [0.05, 0.1) is 6.61 Å². The number of pyridine rings is 1. The number of benzene rings is 1. The van der Waals surface area contributed by atoms with Gasteiger partial charge in [0.2, 0.25) is 0 Å². The number of rotatable bonds is 2. The fraction of sp³-hybridized carbons (Fsp3) is 0.286. The molecule has 2 aromatic rings. The Labute approximate surface area is 107 Å². The third kappa shape index (κ3) is 2.97. The van der Waals surface area contributed by atoms with Crippen LogP contribution in [0.5, 0.6) is 0 Å². The van der Waals surface area contributed by atoms with E-state index in [9.17, 15) is 9.59 Å². The number of nitrogens with one attached hydrogen (secondary N) is 1. The second-order valence-electron chi connectivity index (χ2n) is 3.32. The standard InChI is InChI=1S/C12H11NO3.C2H6.H2/c1-2-16-12(15)9-7-8-5-3-4-6-10(8)13-11(9)14;1-2;/h3-7H,2H2,1H3,(H,13,14);1-2H3;1H. The quantitative estimate of drug-likeness (QED) is 0.832. The highest BCUT2D eigenvalue weighted by molar-refractivity contribution is 5.93. The number of para-hydroxylation sites is 1. The lowest BCUT2D eigenvalue weighted by atomic mass is 10.1. The summed E-state index contributed by atoms with van der Waals surface area (Å²) in [7, 11) is 0. The minimum Gasteiger partial charge on any atom is -0.462 e. The first kappa shape index (κ1) is 14.0. The van der Waals surface area contributed by atoms with E-state index in [1.165, 1.54) is 0 Å². The molecule has 98 valence electrons. The van der Waals surface area contributed by atoms with Gasteiger partial charge in [-0.15, -0.1) is 0 Å². The Bertz CT molecular complexity index is 593. The lowest BCUT2D eigenvalue weighted by Crippen LogP contribution is -2.19. The SMILES string of the molecule is CC.CCOC(=O)c1cc2ccccc2[nH]c1=O.[HH]. The average molecular weight is 249 g/mol. The molecule has 0 aliphatic heterocycles. The highest BCUT2D eigenvalue weighted by Gasteiger charge is 2.12. The first-order valence-corrected chi connectivity index (χ1v) is 6.01. The molecular formula is C14H19NO3. The van der Waals surface area contributed by atoms with Crippen LogP contribution in [0, 0.1) is 0 Å². The maximum absolute atomic E-state index is 11.6. The maximum Gasteiger partial charge on any atom is 0.343 e. The molecule has 0 aliphatic rings. The largest absolute Gasteiger partial charge is 0.462 e. The van der Waals surface area contributed by atoms with Gasteiger partial charge >= 0.3 is 5.97 Å². The molecule has 0 saturated heterocycles. The summed E-state index contributed by atoms with van der Waals surface area (Å²) in [5.41, 5.74) is 0.332. The lowest BCUT2D eigenvalue weighted by Gasteiger charge is -2.02. The number of ether oxygens (including phenoxy) is 1. The molecule has 1 aromatic carbocycles. The number of aromatic amines is 1. The first-order valence-electron chi connectivity index (χ1n) is 6.01. The number of hydrogen-bond donors (Lipinski definition) is 1. The molecule has 0 atom stereocenters. The summed E-state index contributed by atoms with van der Waals surface area (Å²) < 4.78 is 4.80. The van der Waals surface area contributed by atoms with E-state index in [-0.39, 0.29) is 13.6 Å². The molecule has 0 aliphatic carbocycles. The molecule has 0 radical (unpaired) electrons. The van der Waals surface area contributed by atoms with E-state index in [1.54, 1.807) is 19.1 Å². The number of hydrogen-bond acceptors (Lipinski definition) is 3. The number of fused-ring (bicyclic) bond motifs is 1. The van der Waals surface area contributed by atoms with Gasteiger partial charge in [-0.2, -0.15) is 0 Å². The molecule has 0 amide bonds. The number of H-pyrrole nitrogens is 1. The van der Waals surface area contributed by atoms with Gasteiger partial charge in [-0.3, -0.25) is 4.79 Å². The summed E-state index contributed by atoms with van der Waals surface area (Å²) in [4.78, 5) is 25.7. The number of carbonyl (C=O) groups excluding carboxylic acids is 1. The molecule has 4 nitrogen and oxygen atoms in total. The average Bonchev–Trinajstić information content (AvgIpc) is 2.40. The smallest absolute Gasteiger partial charge is 0.343 e. The van der Waals surface area contributed by atoms with E-state index in [2.05, 4.69) is 4.98 Å². The topological polar surface area (TPSA) is 59.2 Å². The van der Waals surface area contributed by atoms with Crippen LogP contribution in [0.4, 0.5) is 0 Å². The van der Waals surface area contributed by atoms with Crippen LogP contribution in [-0.4, -0.2) is 17.6 Å². The van der Waals surface area contributed by atoms with Crippen LogP contribution >= 0.6 is 0 Å². The van der Waals surface area contributed by atoms with Gasteiger partial charge < -0.3 is 9.72 Å². The molecule has 2 rings (SSSR count). The number of esters is 1. The van der Waals surface area contributed by atoms with Crippen LogP contribution in [0.25, 0.3) is 10.9 Å². The van der Waals surface area contributed by atoms with E-state index in [1.807, 2.05) is 32.0 Å². The zero-order chi connectivity index (χ0) is 13.5. The van der Waals surface area contributed by atoms with Gasteiger partial charge in [0.1, 0.15) is 5.56 Å². The zero-order valence-electron chi connectivity index (χ0n) is 10.8. The van der Waals surface area contributed by atoms with Crippen molar-refractivity contribution < 1.29 is 11.0 Å². The molecule has 0 spiro atoms. The fourth-order valence-electron chi connectivity index (χ4n) is 1.51. The molecule has 0 fully saturated rings. The fourth-order valence-corrected chi connectivity index (χ4v) is 1.51. The zero-order valence-corrected chi connectivity index (χ0v) is 10.8. The highest BCUT2D eigenvalue weighted by Crippen LogP contribution is 2.10. The Hall–Kier alpha value is -2.10. The second kappa shape index (κ2) is 6.59. The molecular weight excluding hydrogens is 230 g/mol. The van der Waals surface area contributed by atoms with Crippen molar-refractivity contribution in [1.29, 1.82) is 0 Å². The maximum atomic E-state index is 11.6. The van der Waals surface area contributed by atoms with Crippen molar-refractivity contribution in [3.63, 3.8) is 0 Å². The van der Waals surface area contributed by atoms with Crippen LogP contribution in [0.15, 0.2) is 35.1 Å². The van der Waals surface area contributed by atoms with Crippen LogP contribution in [-0.2, 0) is 4.74 Å². The summed E-state index contributed by atoms with van der Waals surface area (Å²) in [5.74, 6) is -0.588. The Balaban J connectivity index is 0.00000103. The summed E-state index contributed by atoms with van der Waals surface area (Å²) in [6.07, 6.45) is 0. The number of aromatic nitrogens is 1. The van der Waals surface area contributed by atoms with Crippen LogP contribution in [0.1, 0.15) is 32.6 Å². The van der Waals surface area contributed by atoms with E-state index >= 15 is 0 Å². The van der Waals surface area contributed by atoms with Gasteiger partial charge in [0, 0.05) is 6.94 Å². The van der Waals surface area contributed by atoms with Crippen molar-refractivity contribution in [2.75, 3.05) is 6.61 Å². The van der Waals surface area contributed by atoms with E-state index < -0.39 is 11.5 Å². The molecule has 0 saturated carbocycles. The van der Waals surface area contributed by atoms with Crippen molar-refractivity contribution in [2.24, 2.45) is 0 Å². The molecule has 18 heavy (non-hydrogen) atoms. The van der Waals surface area contributed by atoms with Crippen molar-refractivity contribution in [2.45, 2.75) is 20.8 Å². The predicted octanol–water partition coefficient (Wildman–Crippen LogP) is 2.98. The Kier molecular flexibility index (Phi) is 5.11. The monoisotopic (exact) mass is 249 g/mol. The molecule has 0 unspecified atom stereocenters.